The second-order valence-corrected chi connectivity index (χ2v) is 3.96. The minimum Gasteiger partial charge on any atom is -0.465 e. The number of furan rings is 1. The van der Waals surface area contributed by atoms with Gasteiger partial charge in [-0.05, 0) is 19.1 Å². The standard InChI is InChI=1S/C11H11N5O2/c1-6-5-8(17)16-9(7-3-2-4-18-7)14-10(12)15-11(16)13-6/h2-5,9H,1H3,(H3,12,13,14,15). The zero-order chi connectivity index (χ0) is 12.7. The molecule has 1 aliphatic rings. The molecule has 0 spiro atoms. The lowest BCUT2D eigenvalue weighted by Gasteiger charge is -2.23. The quantitative estimate of drug-likeness (QED) is 0.759. The number of anilines is 1. The number of hydrogen-bond donors (Lipinski definition) is 2. The number of nitrogens with one attached hydrogen (secondary N) is 1. The molecule has 92 valence electrons. The second kappa shape index (κ2) is 3.73. The van der Waals surface area contributed by atoms with Gasteiger partial charge in [-0.1, -0.05) is 0 Å². The lowest BCUT2D eigenvalue weighted by atomic mass is 10.3. The molecule has 1 aliphatic heterocycles. The van der Waals surface area contributed by atoms with Crippen molar-refractivity contribution in [1.29, 1.82) is 0 Å². The highest BCUT2D eigenvalue weighted by molar-refractivity contribution is 5.91. The number of nitrogens with zero attached hydrogens (tertiary/aromatic N) is 3. The third-order valence-corrected chi connectivity index (χ3v) is 2.62. The summed E-state index contributed by atoms with van der Waals surface area (Å²) in [6.07, 6.45) is 0.909. The highest BCUT2D eigenvalue weighted by Crippen LogP contribution is 2.24. The fourth-order valence-electron chi connectivity index (χ4n) is 1.90. The largest absolute Gasteiger partial charge is 0.465 e. The number of nitrogens with two attached hydrogens (primary N) is 1. The Balaban J connectivity index is 2.23. The van der Waals surface area contributed by atoms with Gasteiger partial charge in [0.15, 0.2) is 12.1 Å². The molecule has 0 aromatic carbocycles. The maximum Gasteiger partial charge on any atom is 0.257 e. The minimum atomic E-state index is -0.614. The molecule has 0 saturated carbocycles. The molecule has 18 heavy (non-hydrogen) atoms. The highest BCUT2D eigenvalue weighted by Gasteiger charge is 2.25. The van der Waals surface area contributed by atoms with Gasteiger partial charge in [0, 0.05) is 11.8 Å². The molecule has 7 nitrogen and oxygen atoms in total. The molecule has 0 radical (unpaired) electrons. The number of rotatable bonds is 1. The summed E-state index contributed by atoms with van der Waals surface area (Å²) >= 11 is 0. The molecule has 1 atom stereocenters. The molecule has 1 unspecified atom stereocenters. The van der Waals surface area contributed by atoms with Crippen molar-refractivity contribution in [3.63, 3.8) is 0 Å². The van der Waals surface area contributed by atoms with Gasteiger partial charge in [-0.15, -0.1) is 0 Å². The maximum absolute atomic E-state index is 12.0. The maximum atomic E-state index is 12.0. The Morgan fingerprint density at radius 2 is 2.39 bits per heavy atom. The number of aromatic nitrogens is 2. The summed E-state index contributed by atoms with van der Waals surface area (Å²) in [5.74, 6) is 1.11. The van der Waals surface area contributed by atoms with E-state index >= 15 is 0 Å². The first kappa shape index (κ1) is 10.6. The summed E-state index contributed by atoms with van der Waals surface area (Å²) in [5.41, 5.74) is 6.10. The van der Waals surface area contributed by atoms with E-state index < -0.39 is 6.17 Å². The first-order valence-corrected chi connectivity index (χ1v) is 5.39. The predicted octanol–water partition coefficient (Wildman–Crippen LogP) is 0.432. The summed E-state index contributed by atoms with van der Waals surface area (Å²) in [6.45, 7) is 1.74. The molecule has 0 fully saturated rings. The van der Waals surface area contributed by atoms with Crippen LogP contribution in [-0.4, -0.2) is 15.5 Å². The number of aryl methyl sites for hydroxylation is 1. The summed E-state index contributed by atoms with van der Waals surface area (Å²) < 4.78 is 6.69. The summed E-state index contributed by atoms with van der Waals surface area (Å²) in [4.78, 5) is 20.4. The molecular formula is C11H11N5O2. The van der Waals surface area contributed by atoms with Gasteiger partial charge in [-0.3, -0.25) is 10.1 Å². The van der Waals surface area contributed by atoms with E-state index in [1.807, 2.05) is 0 Å². The topological polar surface area (TPSA) is 98.4 Å². The van der Waals surface area contributed by atoms with Crippen LogP contribution in [0.2, 0.25) is 0 Å². The van der Waals surface area contributed by atoms with Gasteiger partial charge in [0.25, 0.3) is 5.56 Å². The average molecular weight is 245 g/mol. The molecule has 3 N–H and O–H groups in total. The second-order valence-electron chi connectivity index (χ2n) is 3.96. The Kier molecular flexibility index (Phi) is 2.19. The first-order chi connectivity index (χ1) is 8.65. The summed E-state index contributed by atoms with van der Waals surface area (Å²) in [7, 11) is 0. The van der Waals surface area contributed by atoms with E-state index in [9.17, 15) is 4.79 Å². The molecule has 0 bridgehead atoms. The van der Waals surface area contributed by atoms with Crippen LogP contribution in [0.5, 0.6) is 0 Å². The van der Waals surface area contributed by atoms with Crippen LogP contribution in [0.1, 0.15) is 17.6 Å². The Labute approximate surface area is 102 Å². The Morgan fingerprint density at radius 1 is 1.56 bits per heavy atom. The third kappa shape index (κ3) is 1.56. The van der Waals surface area contributed by atoms with Crippen LogP contribution >= 0.6 is 0 Å². The van der Waals surface area contributed by atoms with Gasteiger partial charge >= 0.3 is 0 Å². The normalized spacial score (nSPS) is 17.8. The van der Waals surface area contributed by atoms with Crippen LogP contribution in [0.25, 0.3) is 0 Å². The van der Waals surface area contributed by atoms with Crippen LogP contribution in [0.15, 0.2) is 38.7 Å². The smallest absolute Gasteiger partial charge is 0.257 e. The number of guanidine groups is 1. The number of fused-ring (bicyclic) bond motifs is 1. The molecule has 7 heteroatoms. The van der Waals surface area contributed by atoms with Crippen LogP contribution < -0.4 is 16.6 Å². The van der Waals surface area contributed by atoms with Crippen molar-refractivity contribution >= 4 is 11.9 Å². The molecule has 0 amide bonds. The number of aliphatic imine (C=N–C) groups is 1. The minimum absolute atomic E-state index is 0.203. The van der Waals surface area contributed by atoms with Gasteiger partial charge in [0.2, 0.25) is 5.95 Å². The molecule has 3 heterocycles. The lowest BCUT2D eigenvalue weighted by molar-refractivity contribution is 0.427. The van der Waals surface area contributed by atoms with E-state index in [-0.39, 0.29) is 11.5 Å². The van der Waals surface area contributed by atoms with Crippen molar-refractivity contribution in [3.8, 4) is 0 Å². The van der Waals surface area contributed by atoms with Crippen LogP contribution in [-0.2, 0) is 0 Å². The van der Waals surface area contributed by atoms with Crippen molar-refractivity contribution in [1.82, 2.24) is 9.55 Å². The average Bonchev–Trinajstić information content (AvgIpc) is 2.79. The lowest BCUT2D eigenvalue weighted by Crippen LogP contribution is -2.38. The monoisotopic (exact) mass is 245 g/mol. The van der Waals surface area contributed by atoms with E-state index in [2.05, 4.69) is 15.3 Å². The zero-order valence-electron chi connectivity index (χ0n) is 9.62. The fourth-order valence-corrected chi connectivity index (χ4v) is 1.90. The molecule has 3 rings (SSSR count). The molecule has 2 aromatic rings. The van der Waals surface area contributed by atoms with E-state index in [0.29, 0.717) is 17.4 Å². The Bertz CT molecular complexity index is 671. The van der Waals surface area contributed by atoms with Gasteiger partial charge in [0.05, 0.1) is 6.26 Å². The molecule has 2 aromatic heterocycles. The SMILES string of the molecule is Cc1cc(=O)n2c(n1)NC(N)=NC2c1ccco1. The van der Waals surface area contributed by atoms with E-state index in [1.54, 1.807) is 19.1 Å². The zero-order valence-corrected chi connectivity index (χ0v) is 9.62. The van der Waals surface area contributed by atoms with Gasteiger partial charge in [-0.25, -0.2) is 14.5 Å². The van der Waals surface area contributed by atoms with Gasteiger partial charge < -0.3 is 10.2 Å². The summed E-state index contributed by atoms with van der Waals surface area (Å²) in [5, 5.41) is 2.77. The van der Waals surface area contributed by atoms with Gasteiger partial charge in [0.1, 0.15) is 5.76 Å². The van der Waals surface area contributed by atoms with Gasteiger partial charge in [-0.2, -0.15) is 0 Å². The van der Waals surface area contributed by atoms with E-state index in [0.717, 1.165) is 0 Å². The molecule has 0 aliphatic carbocycles. The van der Waals surface area contributed by atoms with Crippen molar-refractivity contribution in [2.75, 3.05) is 5.32 Å². The van der Waals surface area contributed by atoms with Crippen molar-refractivity contribution < 1.29 is 4.42 Å². The predicted molar refractivity (Wildman–Crippen MR) is 65.3 cm³/mol. The highest BCUT2D eigenvalue weighted by atomic mass is 16.3. The van der Waals surface area contributed by atoms with E-state index in [4.69, 9.17) is 10.2 Å². The third-order valence-electron chi connectivity index (χ3n) is 2.62. The fraction of sp³-hybridized carbons (Fsp3) is 0.182. The molecular weight excluding hydrogens is 234 g/mol. The first-order valence-electron chi connectivity index (χ1n) is 5.39. The van der Waals surface area contributed by atoms with Crippen LogP contribution in [0.4, 0.5) is 5.95 Å². The van der Waals surface area contributed by atoms with Crippen LogP contribution in [0.3, 0.4) is 0 Å². The molecule has 0 saturated heterocycles. The van der Waals surface area contributed by atoms with Crippen molar-refractivity contribution in [3.05, 3.63) is 46.3 Å². The van der Waals surface area contributed by atoms with Crippen molar-refractivity contribution in [2.24, 2.45) is 10.7 Å². The summed E-state index contributed by atoms with van der Waals surface area (Å²) in [6, 6.07) is 4.91. The van der Waals surface area contributed by atoms with Crippen molar-refractivity contribution in [2.45, 2.75) is 13.1 Å². The van der Waals surface area contributed by atoms with E-state index in [1.165, 1.54) is 16.9 Å². The Hall–Kier alpha value is -2.57. The number of hydrogen-bond acceptors (Lipinski definition) is 6. The Morgan fingerprint density at radius 3 is 3.11 bits per heavy atom. The van der Waals surface area contributed by atoms with Crippen LogP contribution in [0, 0.1) is 6.92 Å².